The quantitative estimate of drug-likeness (QED) is 0.781. The van der Waals surface area contributed by atoms with Crippen LogP contribution in [-0.2, 0) is 9.31 Å². The zero-order chi connectivity index (χ0) is 15.3. The van der Waals surface area contributed by atoms with Crippen molar-refractivity contribution in [1.82, 2.24) is 0 Å². The van der Waals surface area contributed by atoms with Crippen molar-refractivity contribution in [1.29, 1.82) is 0 Å². The minimum atomic E-state index is -0.278. The third kappa shape index (κ3) is 2.60. The Balaban J connectivity index is 1.76. The van der Waals surface area contributed by atoms with Crippen LogP contribution in [0.15, 0.2) is 24.3 Å². The zero-order valence-electron chi connectivity index (χ0n) is 13.8. The summed E-state index contributed by atoms with van der Waals surface area (Å²) < 4.78 is 12.2. The van der Waals surface area contributed by atoms with Crippen molar-refractivity contribution < 1.29 is 9.31 Å². The van der Waals surface area contributed by atoms with Gasteiger partial charge in [-0.3, -0.25) is 0 Å². The average molecular weight is 287 g/mol. The molecule has 0 spiro atoms. The maximum atomic E-state index is 6.10. The monoisotopic (exact) mass is 287 g/mol. The molecule has 3 nitrogen and oxygen atoms in total. The van der Waals surface area contributed by atoms with Crippen molar-refractivity contribution in [2.75, 3.05) is 11.4 Å². The Bertz CT molecular complexity index is 496. The third-order valence-electron chi connectivity index (χ3n) is 5.30. The van der Waals surface area contributed by atoms with Crippen LogP contribution in [0.25, 0.3) is 0 Å². The fraction of sp³-hybridized carbons (Fsp3) is 0.647. The second-order valence-corrected chi connectivity index (χ2v) is 7.36. The molecule has 2 fully saturated rings. The summed E-state index contributed by atoms with van der Waals surface area (Å²) in [5.74, 6) is 0. The summed E-state index contributed by atoms with van der Waals surface area (Å²) in [4.78, 5) is 2.48. The number of hydrogen-bond donors (Lipinski definition) is 0. The van der Waals surface area contributed by atoms with Crippen LogP contribution in [-0.4, -0.2) is 30.9 Å². The Kier molecular flexibility index (Phi) is 3.57. The first kappa shape index (κ1) is 14.9. The molecule has 2 saturated heterocycles. The Labute approximate surface area is 128 Å². The molecule has 0 radical (unpaired) electrons. The lowest BCUT2D eigenvalue weighted by molar-refractivity contribution is 0.00578. The molecular formula is C17H26BNO2. The van der Waals surface area contributed by atoms with Gasteiger partial charge < -0.3 is 14.2 Å². The normalized spacial score (nSPS) is 27.4. The van der Waals surface area contributed by atoms with E-state index >= 15 is 0 Å². The summed E-state index contributed by atoms with van der Waals surface area (Å²) >= 11 is 0. The Hall–Kier alpha value is -0.995. The van der Waals surface area contributed by atoms with E-state index in [2.05, 4.69) is 63.8 Å². The highest BCUT2D eigenvalue weighted by Gasteiger charge is 2.51. The highest BCUT2D eigenvalue weighted by atomic mass is 16.7. The smallest absolute Gasteiger partial charge is 0.399 e. The number of anilines is 1. The molecule has 0 amide bonds. The standard InChI is InChI=1S/C17H26BNO2/c1-13-7-6-12-19(13)15-10-8-14(9-11-15)18-20-16(2,3)17(4,5)21-18/h8-11,13H,6-7,12H2,1-5H3/t13-/m1/s1. The van der Waals surface area contributed by atoms with Crippen LogP contribution >= 0.6 is 0 Å². The molecule has 114 valence electrons. The Morgan fingerprint density at radius 3 is 2.10 bits per heavy atom. The molecular weight excluding hydrogens is 261 g/mol. The van der Waals surface area contributed by atoms with E-state index in [4.69, 9.17) is 9.31 Å². The first-order chi connectivity index (χ1) is 9.80. The van der Waals surface area contributed by atoms with Gasteiger partial charge in [0.25, 0.3) is 0 Å². The van der Waals surface area contributed by atoms with E-state index in [9.17, 15) is 0 Å². The van der Waals surface area contributed by atoms with Crippen molar-refractivity contribution in [2.45, 2.75) is 64.7 Å². The van der Waals surface area contributed by atoms with Crippen LogP contribution in [0.1, 0.15) is 47.5 Å². The molecule has 0 aromatic heterocycles. The second kappa shape index (κ2) is 5.03. The van der Waals surface area contributed by atoms with Gasteiger partial charge in [0.1, 0.15) is 0 Å². The first-order valence-corrected chi connectivity index (χ1v) is 8.02. The van der Waals surface area contributed by atoms with Crippen molar-refractivity contribution in [3.8, 4) is 0 Å². The summed E-state index contributed by atoms with van der Waals surface area (Å²) in [6, 6.07) is 9.32. The van der Waals surface area contributed by atoms with E-state index < -0.39 is 0 Å². The summed E-state index contributed by atoms with van der Waals surface area (Å²) in [5.41, 5.74) is 1.85. The molecule has 0 unspecified atom stereocenters. The molecule has 1 atom stereocenters. The van der Waals surface area contributed by atoms with Crippen molar-refractivity contribution in [3.05, 3.63) is 24.3 Å². The minimum absolute atomic E-state index is 0.264. The predicted molar refractivity (Wildman–Crippen MR) is 88.2 cm³/mol. The lowest BCUT2D eigenvalue weighted by Gasteiger charge is -2.32. The summed E-state index contributed by atoms with van der Waals surface area (Å²) in [5, 5.41) is 0. The fourth-order valence-electron chi connectivity index (χ4n) is 3.12. The molecule has 2 aliphatic heterocycles. The summed E-state index contributed by atoms with van der Waals surface area (Å²) in [7, 11) is -0.264. The van der Waals surface area contributed by atoms with Crippen LogP contribution in [0.4, 0.5) is 5.69 Å². The van der Waals surface area contributed by atoms with Gasteiger partial charge in [0.2, 0.25) is 0 Å². The predicted octanol–water partition coefficient (Wildman–Crippen LogP) is 2.97. The molecule has 3 rings (SSSR count). The molecule has 0 N–H and O–H groups in total. The number of hydrogen-bond acceptors (Lipinski definition) is 3. The first-order valence-electron chi connectivity index (χ1n) is 8.02. The molecule has 1 aromatic carbocycles. The number of rotatable bonds is 2. The Morgan fingerprint density at radius 1 is 1.05 bits per heavy atom. The molecule has 21 heavy (non-hydrogen) atoms. The zero-order valence-corrected chi connectivity index (χ0v) is 13.8. The van der Waals surface area contributed by atoms with E-state index in [0.29, 0.717) is 6.04 Å². The van der Waals surface area contributed by atoms with E-state index in [1.54, 1.807) is 0 Å². The van der Waals surface area contributed by atoms with Crippen LogP contribution in [0.3, 0.4) is 0 Å². The van der Waals surface area contributed by atoms with Crippen molar-refractivity contribution in [3.63, 3.8) is 0 Å². The number of benzene rings is 1. The van der Waals surface area contributed by atoms with Gasteiger partial charge >= 0.3 is 7.12 Å². The molecule has 1 aromatic rings. The molecule has 2 heterocycles. The maximum Gasteiger partial charge on any atom is 0.494 e. The highest BCUT2D eigenvalue weighted by Crippen LogP contribution is 2.36. The largest absolute Gasteiger partial charge is 0.494 e. The van der Waals surface area contributed by atoms with Crippen LogP contribution < -0.4 is 10.4 Å². The van der Waals surface area contributed by atoms with Gasteiger partial charge in [0.05, 0.1) is 11.2 Å². The van der Waals surface area contributed by atoms with Gasteiger partial charge in [0.15, 0.2) is 0 Å². The molecule has 0 bridgehead atoms. The van der Waals surface area contributed by atoms with Crippen LogP contribution in [0, 0.1) is 0 Å². The van der Waals surface area contributed by atoms with Crippen molar-refractivity contribution >= 4 is 18.3 Å². The highest BCUT2D eigenvalue weighted by molar-refractivity contribution is 6.62. The van der Waals surface area contributed by atoms with E-state index in [0.717, 1.165) is 12.0 Å². The van der Waals surface area contributed by atoms with Gasteiger partial charge in [-0.2, -0.15) is 0 Å². The van der Waals surface area contributed by atoms with E-state index in [-0.39, 0.29) is 18.3 Å². The summed E-state index contributed by atoms with van der Waals surface area (Å²) in [6.45, 7) is 11.8. The topological polar surface area (TPSA) is 21.7 Å². The third-order valence-corrected chi connectivity index (χ3v) is 5.30. The van der Waals surface area contributed by atoms with Crippen LogP contribution in [0.5, 0.6) is 0 Å². The molecule has 4 heteroatoms. The van der Waals surface area contributed by atoms with Gasteiger partial charge in [-0.1, -0.05) is 12.1 Å². The average Bonchev–Trinajstić information content (AvgIpc) is 2.92. The van der Waals surface area contributed by atoms with E-state index in [1.807, 2.05) is 0 Å². The maximum absolute atomic E-state index is 6.10. The second-order valence-electron chi connectivity index (χ2n) is 7.36. The fourth-order valence-corrected chi connectivity index (χ4v) is 3.12. The lowest BCUT2D eigenvalue weighted by Crippen LogP contribution is -2.41. The number of nitrogens with zero attached hydrogens (tertiary/aromatic N) is 1. The minimum Gasteiger partial charge on any atom is -0.399 e. The van der Waals surface area contributed by atoms with Gasteiger partial charge in [0, 0.05) is 18.3 Å². The van der Waals surface area contributed by atoms with E-state index in [1.165, 1.54) is 18.5 Å². The molecule has 0 aliphatic carbocycles. The molecule has 2 aliphatic rings. The van der Waals surface area contributed by atoms with Gasteiger partial charge in [-0.05, 0) is 65.1 Å². The Morgan fingerprint density at radius 2 is 1.62 bits per heavy atom. The van der Waals surface area contributed by atoms with Gasteiger partial charge in [-0.15, -0.1) is 0 Å². The van der Waals surface area contributed by atoms with Crippen molar-refractivity contribution in [2.24, 2.45) is 0 Å². The van der Waals surface area contributed by atoms with Gasteiger partial charge in [-0.25, -0.2) is 0 Å². The summed E-state index contributed by atoms with van der Waals surface area (Å²) in [6.07, 6.45) is 2.58. The molecule has 0 saturated carbocycles. The van der Waals surface area contributed by atoms with Crippen LogP contribution in [0.2, 0.25) is 0 Å². The SMILES string of the molecule is C[C@@H]1CCCN1c1ccc(B2OC(C)(C)C(C)(C)O2)cc1. The lowest BCUT2D eigenvalue weighted by atomic mass is 9.79.